The lowest BCUT2D eigenvalue weighted by Gasteiger charge is -2.24. The maximum Gasteiger partial charge on any atom is 0.262 e. The van der Waals surface area contributed by atoms with E-state index in [0.717, 1.165) is 11.1 Å². The van der Waals surface area contributed by atoms with Crippen LogP contribution in [0.3, 0.4) is 0 Å². The quantitative estimate of drug-likeness (QED) is 0.661. The van der Waals surface area contributed by atoms with Gasteiger partial charge in [-0.15, -0.1) is 0 Å². The zero-order valence-corrected chi connectivity index (χ0v) is 14.5. The van der Waals surface area contributed by atoms with Crippen LogP contribution in [-0.2, 0) is 11.3 Å². The number of fused-ring (bicyclic) bond motifs is 1. The number of hydrogen-bond acceptors (Lipinski definition) is 5. The molecule has 1 aliphatic heterocycles. The van der Waals surface area contributed by atoms with Crippen molar-refractivity contribution < 1.29 is 18.7 Å². The third-order valence-electron chi connectivity index (χ3n) is 3.99. The highest BCUT2D eigenvalue weighted by Gasteiger charge is 2.22. The minimum atomic E-state index is -0.464. The molecule has 1 aliphatic rings. The van der Waals surface area contributed by atoms with Crippen LogP contribution in [0.25, 0.3) is 6.08 Å². The number of carbonyl (C=O) groups is 1. The average molecular weight is 350 g/mol. The first-order valence-electron chi connectivity index (χ1n) is 8.10. The van der Waals surface area contributed by atoms with Crippen LogP contribution in [0, 0.1) is 11.3 Å². The fourth-order valence-electron chi connectivity index (χ4n) is 2.63. The number of amides is 1. The molecule has 1 aromatic carbocycles. The lowest BCUT2D eigenvalue weighted by Crippen LogP contribution is -2.25. The number of para-hydroxylation sites is 1. The number of ether oxygens (including phenoxy) is 2. The number of methoxy groups -OCH3 is 1. The molecule has 0 fully saturated rings. The van der Waals surface area contributed by atoms with Crippen molar-refractivity contribution in [2.75, 3.05) is 7.11 Å². The summed E-state index contributed by atoms with van der Waals surface area (Å²) in [5.74, 6) is 1.45. The van der Waals surface area contributed by atoms with Gasteiger partial charge in [-0.1, -0.05) is 12.1 Å². The van der Waals surface area contributed by atoms with E-state index in [0.29, 0.717) is 17.3 Å². The van der Waals surface area contributed by atoms with E-state index in [1.807, 2.05) is 37.3 Å². The topological polar surface area (TPSA) is 84.5 Å². The molecule has 0 bridgehead atoms. The van der Waals surface area contributed by atoms with Gasteiger partial charge in [0, 0.05) is 5.56 Å². The van der Waals surface area contributed by atoms with Gasteiger partial charge in [0.05, 0.1) is 19.9 Å². The molecule has 0 saturated carbocycles. The fourth-order valence-corrected chi connectivity index (χ4v) is 2.63. The highest BCUT2D eigenvalue weighted by molar-refractivity contribution is 5.98. The number of nitrogens with zero attached hydrogens (tertiary/aromatic N) is 1. The molecule has 132 valence electrons. The molecule has 1 N–H and O–H groups in total. The second-order valence-corrected chi connectivity index (χ2v) is 5.71. The lowest BCUT2D eigenvalue weighted by atomic mass is 10.00. The number of rotatable bonds is 5. The first-order chi connectivity index (χ1) is 12.6. The Morgan fingerprint density at radius 1 is 1.38 bits per heavy atom. The highest BCUT2D eigenvalue weighted by Crippen LogP contribution is 2.38. The molecule has 0 saturated heterocycles. The smallest absolute Gasteiger partial charge is 0.262 e. The third-order valence-corrected chi connectivity index (χ3v) is 3.99. The van der Waals surface area contributed by atoms with Crippen molar-refractivity contribution >= 4 is 12.0 Å². The van der Waals surface area contributed by atoms with Gasteiger partial charge in [0.1, 0.15) is 23.5 Å². The summed E-state index contributed by atoms with van der Waals surface area (Å²) in [6.45, 7) is 2.07. The molecule has 6 heteroatoms. The van der Waals surface area contributed by atoms with Crippen LogP contribution >= 0.6 is 0 Å². The number of furan rings is 1. The van der Waals surface area contributed by atoms with E-state index < -0.39 is 5.91 Å². The van der Waals surface area contributed by atoms with Crippen LogP contribution in [0.4, 0.5) is 0 Å². The minimum absolute atomic E-state index is 0.00426. The second-order valence-electron chi connectivity index (χ2n) is 5.71. The summed E-state index contributed by atoms with van der Waals surface area (Å²) in [6, 6.07) is 11.0. The van der Waals surface area contributed by atoms with Gasteiger partial charge in [0.25, 0.3) is 5.91 Å². The second kappa shape index (κ2) is 7.62. The minimum Gasteiger partial charge on any atom is -0.493 e. The van der Waals surface area contributed by atoms with Crippen LogP contribution in [0.1, 0.15) is 18.2 Å². The maximum atomic E-state index is 12.3. The summed E-state index contributed by atoms with van der Waals surface area (Å²) < 4.78 is 16.4. The van der Waals surface area contributed by atoms with Crippen LogP contribution in [0.15, 0.2) is 58.2 Å². The molecule has 0 spiro atoms. The Labute approximate surface area is 151 Å². The Hall–Kier alpha value is -3.46. The van der Waals surface area contributed by atoms with Gasteiger partial charge >= 0.3 is 0 Å². The molecular formula is C20H18N2O4. The highest BCUT2D eigenvalue weighted by atomic mass is 16.5. The van der Waals surface area contributed by atoms with Crippen LogP contribution < -0.4 is 14.8 Å². The van der Waals surface area contributed by atoms with Crippen LogP contribution in [0.5, 0.6) is 11.5 Å². The standard InChI is InChI=1S/C20H18N2O4/c1-13-15(9-14-5-3-7-18(24-2)19(14)26-13)10-16(11-21)20(23)22-12-17-6-4-8-25-17/h3-10,13H,12H2,1-2H3,(H,22,23). The van der Waals surface area contributed by atoms with Gasteiger partial charge in [0.15, 0.2) is 11.5 Å². The summed E-state index contributed by atoms with van der Waals surface area (Å²) in [6.07, 6.45) is 4.65. The van der Waals surface area contributed by atoms with E-state index in [4.69, 9.17) is 13.9 Å². The molecule has 2 aromatic rings. The Morgan fingerprint density at radius 2 is 2.23 bits per heavy atom. The Kier molecular flexibility index (Phi) is 5.09. The lowest BCUT2D eigenvalue weighted by molar-refractivity contribution is -0.117. The van der Waals surface area contributed by atoms with E-state index in [1.165, 1.54) is 6.26 Å². The van der Waals surface area contributed by atoms with Crippen molar-refractivity contribution in [3.8, 4) is 17.6 Å². The van der Waals surface area contributed by atoms with Crippen molar-refractivity contribution in [3.63, 3.8) is 0 Å². The molecule has 26 heavy (non-hydrogen) atoms. The van der Waals surface area contributed by atoms with Crippen molar-refractivity contribution in [1.82, 2.24) is 5.32 Å². The van der Waals surface area contributed by atoms with E-state index in [-0.39, 0.29) is 18.2 Å². The van der Waals surface area contributed by atoms with E-state index in [9.17, 15) is 10.1 Å². The number of hydrogen-bond donors (Lipinski definition) is 1. The van der Waals surface area contributed by atoms with Gasteiger partial charge in [-0.3, -0.25) is 4.79 Å². The van der Waals surface area contributed by atoms with Crippen molar-refractivity contribution in [1.29, 1.82) is 5.26 Å². The maximum absolute atomic E-state index is 12.3. The van der Waals surface area contributed by atoms with E-state index in [1.54, 1.807) is 25.3 Å². The molecule has 1 atom stereocenters. The SMILES string of the molecule is COc1cccc2c1OC(C)C(C=C(C#N)C(=O)NCc1ccco1)=C2. The third kappa shape index (κ3) is 3.62. The summed E-state index contributed by atoms with van der Waals surface area (Å²) in [5, 5.41) is 12.0. The Balaban J connectivity index is 1.82. The predicted molar refractivity (Wildman–Crippen MR) is 95.3 cm³/mol. The normalized spacial score (nSPS) is 16.0. The summed E-state index contributed by atoms with van der Waals surface area (Å²) >= 11 is 0. The first kappa shape index (κ1) is 17.4. The number of nitrogens with one attached hydrogen (secondary N) is 1. The van der Waals surface area contributed by atoms with Gasteiger partial charge in [0.2, 0.25) is 0 Å². The first-order valence-corrected chi connectivity index (χ1v) is 8.10. The number of benzene rings is 1. The van der Waals surface area contributed by atoms with E-state index >= 15 is 0 Å². The molecular weight excluding hydrogens is 332 g/mol. The zero-order chi connectivity index (χ0) is 18.5. The zero-order valence-electron chi connectivity index (χ0n) is 14.5. The molecule has 3 rings (SSSR count). The van der Waals surface area contributed by atoms with Crippen LogP contribution in [-0.4, -0.2) is 19.1 Å². The molecule has 2 heterocycles. The summed E-state index contributed by atoms with van der Waals surface area (Å²) in [7, 11) is 1.58. The molecule has 1 amide bonds. The van der Waals surface area contributed by atoms with Gasteiger partial charge in [-0.25, -0.2) is 0 Å². The monoisotopic (exact) mass is 350 g/mol. The molecule has 6 nitrogen and oxygen atoms in total. The molecule has 0 aliphatic carbocycles. The fraction of sp³-hybridized carbons (Fsp3) is 0.200. The Morgan fingerprint density at radius 3 is 2.92 bits per heavy atom. The summed E-state index contributed by atoms with van der Waals surface area (Å²) in [4.78, 5) is 12.3. The van der Waals surface area contributed by atoms with Crippen molar-refractivity contribution in [2.45, 2.75) is 19.6 Å². The molecule has 1 aromatic heterocycles. The average Bonchev–Trinajstić information content (AvgIpc) is 3.17. The van der Waals surface area contributed by atoms with Gasteiger partial charge in [-0.05, 0) is 42.8 Å². The van der Waals surface area contributed by atoms with E-state index in [2.05, 4.69) is 5.32 Å². The van der Waals surface area contributed by atoms with Gasteiger partial charge < -0.3 is 19.2 Å². The number of nitriles is 1. The van der Waals surface area contributed by atoms with Crippen LogP contribution in [0.2, 0.25) is 0 Å². The molecule has 1 unspecified atom stereocenters. The number of carbonyl (C=O) groups excluding carboxylic acids is 1. The summed E-state index contributed by atoms with van der Waals surface area (Å²) in [5.41, 5.74) is 1.57. The predicted octanol–water partition coefficient (Wildman–Crippen LogP) is 3.22. The Bertz CT molecular complexity index is 904. The van der Waals surface area contributed by atoms with Crippen molar-refractivity contribution in [3.05, 3.63) is 65.1 Å². The van der Waals surface area contributed by atoms with Crippen molar-refractivity contribution in [2.24, 2.45) is 0 Å². The molecule has 0 radical (unpaired) electrons. The largest absolute Gasteiger partial charge is 0.493 e. The van der Waals surface area contributed by atoms with Gasteiger partial charge in [-0.2, -0.15) is 5.26 Å².